The molecule has 3 fully saturated rings. The lowest BCUT2D eigenvalue weighted by Gasteiger charge is -2.23. The van der Waals surface area contributed by atoms with Crippen LogP contribution in [0.2, 0.25) is 0 Å². The number of hydrogen-bond donors (Lipinski definition) is 3. The van der Waals surface area contributed by atoms with Gasteiger partial charge in [-0.2, -0.15) is 0 Å². The van der Waals surface area contributed by atoms with Crippen LogP contribution in [0.15, 0.2) is 24.3 Å². The summed E-state index contributed by atoms with van der Waals surface area (Å²) in [6.07, 6.45) is 7.19. The third-order valence-electron chi connectivity index (χ3n) is 6.47. The molecule has 2 heterocycles. The number of nitrogens with one attached hydrogen (secondary N) is 3. The maximum atomic E-state index is 12.3. The number of hydrogen-bond acceptors (Lipinski definition) is 5. The minimum atomic E-state index is -0.631. The maximum Gasteiger partial charge on any atom is 0.309 e. The van der Waals surface area contributed by atoms with Gasteiger partial charge in [-0.1, -0.05) is 25.0 Å². The molecule has 8 nitrogen and oxygen atoms in total. The second-order valence-corrected chi connectivity index (χ2v) is 8.77. The smallest absolute Gasteiger partial charge is 0.309 e. The van der Waals surface area contributed by atoms with Crippen molar-refractivity contribution in [3.05, 3.63) is 29.8 Å². The molecular weight excluding hydrogens is 396 g/mol. The highest BCUT2D eigenvalue weighted by molar-refractivity contribution is 6.35. The maximum absolute atomic E-state index is 12.3. The third-order valence-corrected chi connectivity index (χ3v) is 6.47. The molecule has 3 N–H and O–H groups in total. The monoisotopic (exact) mass is 428 g/mol. The number of amides is 3. The van der Waals surface area contributed by atoms with E-state index < -0.39 is 17.9 Å². The largest absolute Gasteiger partial charge is 0.368 e. The Morgan fingerprint density at radius 3 is 2.65 bits per heavy atom. The molecule has 0 bridgehead atoms. The van der Waals surface area contributed by atoms with Gasteiger partial charge in [0.25, 0.3) is 5.91 Å². The SMILES string of the molecule is O=C(NCc1cccc(NC(=O)C2CCCO2)c1)C(=O)NC1CCN(C2CCCC2)C1. The first-order valence-electron chi connectivity index (χ1n) is 11.4. The van der Waals surface area contributed by atoms with Gasteiger partial charge >= 0.3 is 11.8 Å². The van der Waals surface area contributed by atoms with Crippen molar-refractivity contribution in [3.63, 3.8) is 0 Å². The summed E-state index contributed by atoms with van der Waals surface area (Å²) in [4.78, 5) is 39.2. The Morgan fingerprint density at radius 2 is 1.87 bits per heavy atom. The van der Waals surface area contributed by atoms with Crippen LogP contribution in [-0.2, 0) is 25.7 Å². The summed E-state index contributed by atoms with van der Waals surface area (Å²) in [5.41, 5.74) is 1.45. The van der Waals surface area contributed by atoms with Crippen molar-refractivity contribution in [2.45, 2.75) is 69.7 Å². The average molecular weight is 429 g/mol. The van der Waals surface area contributed by atoms with Gasteiger partial charge in [-0.05, 0) is 49.8 Å². The molecule has 2 saturated heterocycles. The number of carbonyl (C=O) groups is 3. The lowest BCUT2D eigenvalue weighted by atomic mass is 10.2. The van der Waals surface area contributed by atoms with Gasteiger partial charge in [-0.3, -0.25) is 19.3 Å². The van der Waals surface area contributed by atoms with Gasteiger partial charge in [0.15, 0.2) is 0 Å². The van der Waals surface area contributed by atoms with Crippen LogP contribution in [0.1, 0.15) is 50.5 Å². The van der Waals surface area contributed by atoms with Crippen molar-refractivity contribution in [3.8, 4) is 0 Å². The van der Waals surface area contributed by atoms with Crippen LogP contribution in [0.25, 0.3) is 0 Å². The Hall–Kier alpha value is -2.45. The Morgan fingerprint density at radius 1 is 1.03 bits per heavy atom. The van der Waals surface area contributed by atoms with Crippen molar-refractivity contribution in [1.82, 2.24) is 15.5 Å². The van der Waals surface area contributed by atoms with E-state index >= 15 is 0 Å². The summed E-state index contributed by atoms with van der Waals surface area (Å²) in [6.45, 7) is 2.65. The summed E-state index contributed by atoms with van der Waals surface area (Å²) < 4.78 is 5.40. The zero-order valence-corrected chi connectivity index (χ0v) is 17.9. The third kappa shape index (κ3) is 5.83. The summed E-state index contributed by atoms with van der Waals surface area (Å²) in [5, 5.41) is 8.40. The fourth-order valence-electron chi connectivity index (χ4n) is 4.79. The molecular formula is C23H32N4O4. The molecule has 2 unspecified atom stereocenters. The molecule has 0 radical (unpaired) electrons. The Balaban J connectivity index is 1.21. The van der Waals surface area contributed by atoms with Gasteiger partial charge < -0.3 is 20.7 Å². The fraction of sp³-hybridized carbons (Fsp3) is 0.609. The first-order valence-corrected chi connectivity index (χ1v) is 11.4. The quantitative estimate of drug-likeness (QED) is 0.597. The van der Waals surface area contributed by atoms with Gasteiger partial charge in [0.1, 0.15) is 6.10 Å². The van der Waals surface area contributed by atoms with Crippen LogP contribution >= 0.6 is 0 Å². The highest BCUT2D eigenvalue weighted by Gasteiger charge is 2.31. The van der Waals surface area contributed by atoms with Crippen LogP contribution in [-0.4, -0.2) is 60.5 Å². The molecule has 1 aliphatic carbocycles. The molecule has 2 atom stereocenters. The lowest BCUT2D eigenvalue weighted by Crippen LogP contribution is -2.45. The lowest BCUT2D eigenvalue weighted by molar-refractivity contribution is -0.139. The van der Waals surface area contributed by atoms with E-state index in [9.17, 15) is 14.4 Å². The van der Waals surface area contributed by atoms with E-state index in [0.29, 0.717) is 18.3 Å². The van der Waals surface area contributed by atoms with Crippen molar-refractivity contribution >= 4 is 23.4 Å². The Kier molecular flexibility index (Phi) is 7.19. The van der Waals surface area contributed by atoms with E-state index in [2.05, 4.69) is 20.9 Å². The zero-order chi connectivity index (χ0) is 21.6. The zero-order valence-electron chi connectivity index (χ0n) is 17.9. The first kappa shape index (κ1) is 21.8. The summed E-state index contributed by atoms with van der Waals surface area (Å²) >= 11 is 0. The van der Waals surface area contributed by atoms with E-state index in [1.54, 1.807) is 12.1 Å². The number of rotatable bonds is 6. The molecule has 0 aromatic heterocycles. The Labute approximate surface area is 183 Å². The topological polar surface area (TPSA) is 99.8 Å². The van der Waals surface area contributed by atoms with Crippen molar-refractivity contribution in [2.24, 2.45) is 0 Å². The summed E-state index contributed by atoms with van der Waals surface area (Å²) in [6, 6.07) is 7.92. The van der Waals surface area contributed by atoms with Crippen LogP contribution in [0, 0.1) is 0 Å². The second-order valence-electron chi connectivity index (χ2n) is 8.77. The van der Waals surface area contributed by atoms with Gasteiger partial charge in [-0.25, -0.2) is 0 Å². The van der Waals surface area contributed by atoms with Crippen LogP contribution in [0.5, 0.6) is 0 Å². The molecule has 168 valence electrons. The van der Waals surface area contributed by atoms with Crippen LogP contribution in [0.4, 0.5) is 5.69 Å². The molecule has 1 aromatic rings. The molecule has 3 amide bonds. The minimum absolute atomic E-state index is 0.0372. The second kappa shape index (κ2) is 10.2. The Bertz CT molecular complexity index is 803. The fourth-order valence-corrected chi connectivity index (χ4v) is 4.79. The number of ether oxygens (including phenoxy) is 1. The number of nitrogens with zero attached hydrogens (tertiary/aromatic N) is 1. The number of likely N-dealkylation sites (tertiary alicyclic amines) is 1. The van der Waals surface area contributed by atoms with Crippen molar-refractivity contribution in [2.75, 3.05) is 25.0 Å². The van der Waals surface area contributed by atoms with Crippen molar-refractivity contribution in [1.29, 1.82) is 0 Å². The van der Waals surface area contributed by atoms with Crippen molar-refractivity contribution < 1.29 is 19.1 Å². The number of benzene rings is 1. The highest BCUT2D eigenvalue weighted by atomic mass is 16.5. The number of anilines is 1. The summed E-state index contributed by atoms with van der Waals surface area (Å²) in [7, 11) is 0. The van der Waals surface area contributed by atoms with E-state index in [-0.39, 0.29) is 18.5 Å². The van der Waals surface area contributed by atoms with Gasteiger partial charge in [-0.15, -0.1) is 0 Å². The predicted octanol–water partition coefficient (Wildman–Crippen LogP) is 1.55. The highest BCUT2D eigenvalue weighted by Crippen LogP contribution is 2.26. The minimum Gasteiger partial charge on any atom is -0.368 e. The number of carbonyl (C=O) groups excluding carboxylic acids is 3. The van der Waals surface area contributed by atoms with E-state index in [0.717, 1.165) is 37.9 Å². The van der Waals surface area contributed by atoms with E-state index in [4.69, 9.17) is 4.74 Å². The van der Waals surface area contributed by atoms with E-state index in [1.807, 2.05) is 12.1 Å². The molecule has 8 heteroatoms. The van der Waals surface area contributed by atoms with Gasteiger partial charge in [0, 0.05) is 44.0 Å². The summed E-state index contributed by atoms with van der Waals surface area (Å²) in [5.74, 6) is -1.37. The molecule has 31 heavy (non-hydrogen) atoms. The van der Waals surface area contributed by atoms with Crippen LogP contribution < -0.4 is 16.0 Å². The molecule has 3 aliphatic rings. The molecule has 1 aromatic carbocycles. The van der Waals surface area contributed by atoms with Gasteiger partial charge in [0.05, 0.1) is 0 Å². The van der Waals surface area contributed by atoms with Crippen LogP contribution in [0.3, 0.4) is 0 Å². The van der Waals surface area contributed by atoms with Gasteiger partial charge in [0.2, 0.25) is 0 Å². The first-order chi connectivity index (χ1) is 15.1. The molecule has 1 saturated carbocycles. The normalized spacial score (nSPS) is 24.3. The molecule has 2 aliphatic heterocycles. The van der Waals surface area contributed by atoms with E-state index in [1.165, 1.54) is 25.7 Å². The predicted molar refractivity (Wildman–Crippen MR) is 116 cm³/mol. The molecule has 4 rings (SSSR count). The molecule has 0 spiro atoms. The average Bonchev–Trinajstić information content (AvgIpc) is 3.54. The standard InChI is InChI=1S/C23H32N4O4/c28-21(20-9-4-12-31-20)25-17-6-3-5-16(13-17)14-24-22(29)23(30)26-18-10-11-27(15-18)19-7-1-2-8-19/h3,5-6,13,18-20H,1-2,4,7-12,14-15H2,(H,24,29)(H,25,28)(H,26,30).